The van der Waals surface area contributed by atoms with Gasteiger partial charge < -0.3 is 15.1 Å². The normalized spacial score (nSPS) is 14.8. The number of nitro groups is 1. The number of nitrogens with zero attached hydrogens (tertiary/aromatic N) is 2. The van der Waals surface area contributed by atoms with Gasteiger partial charge in [-0.25, -0.2) is 0 Å². The minimum atomic E-state index is -0.391. The first-order chi connectivity index (χ1) is 12.9. The second-order valence-electron chi connectivity index (χ2n) is 6.70. The fourth-order valence-corrected chi connectivity index (χ4v) is 3.44. The molecule has 8 heteroatoms. The van der Waals surface area contributed by atoms with E-state index < -0.39 is 4.92 Å². The van der Waals surface area contributed by atoms with Crippen molar-refractivity contribution >= 4 is 38.9 Å². The van der Waals surface area contributed by atoms with E-state index >= 15 is 0 Å². The van der Waals surface area contributed by atoms with Gasteiger partial charge in [-0.15, -0.1) is 0 Å². The number of benzene rings is 2. The molecule has 2 aromatic rings. The molecule has 1 amide bonds. The van der Waals surface area contributed by atoms with Crippen LogP contribution < -0.4 is 15.1 Å². The number of hydrogen-bond acceptors (Lipinski definition) is 4. The smallest absolute Gasteiger partial charge is 0.279 e. The molecule has 0 unspecified atom stereocenters. The summed E-state index contributed by atoms with van der Waals surface area (Å²) in [6.45, 7) is 5.76. The predicted molar refractivity (Wildman–Crippen MR) is 108 cm³/mol. The van der Waals surface area contributed by atoms with Crippen molar-refractivity contribution in [2.24, 2.45) is 0 Å². The quantitative estimate of drug-likeness (QED) is 0.558. The van der Waals surface area contributed by atoms with Crippen LogP contribution in [0.5, 0.6) is 0 Å². The Bertz CT molecular complexity index is 833. The fourth-order valence-electron chi connectivity index (χ4n) is 3.20. The van der Waals surface area contributed by atoms with Gasteiger partial charge in [0.25, 0.3) is 11.6 Å². The summed E-state index contributed by atoms with van der Waals surface area (Å²) in [6, 6.07) is 12.4. The van der Waals surface area contributed by atoms with E-state index in [1.165, 1.54) is 17.0 Å². The molecule has 0 atom stereocenters. The van der Waals surface area contributed by atoms with Gasteiger partial charge in [0.05, 0.1) is 31.1 Å². The Labute approximate surface area is 166 Å². The van der Waals surface area contributed by atoms with Gasteiger partial charge >= 0.3 is 0 Å². The number of aryl methyl sites for hydroxylation is 1. The Morgan fingerprint density at radius 2 is 1.89 bits per heavy atom. The maximum Gasteiger partial charge on any atom is 0.279 e. The number of anilines is 2. The van der Waals surface area contributed by atoms with Gasteiger partial charge in [0.15, 0.2) is 6.54 Å². The molecule has 0 aromatic heterocycles. The van der Waals surface area contributed by atoms with E-state index in [0.29, 0.717) is 6.54 Å². The highest BCUT2D eigenvalue weighted by Gasteiger charge is 2.22. The molecular weight excluding hydrogens is 412 g/mol. The number of carbonyl (C=O) groups is 1. The summed E-state index contributed by atoms with van der Waals surface area (Å²) in [4.78, 5) is 26.1. The first-order valence-corrected chi connectivity index (χ1v) is 9.60. The van der Waals surface area contributed by atoms with Crippen LogP contribution in [0.2, 0.25) is 0 Å². The Kier molecular flexibility index (Phi) is 6.08. The number of amides is 1. The van der Waals surface area contributed by atoms with Crippen molar-refractivity contribution in [2.75, 3.05) is 42.9 Å². The lowest BCUT2D eigenvalue weighted by molar-refractivity contribution is -0.892. The number of nitro benzene ring substituents is 1. The summed E-state index contributed by atoms with van der Waals surface area (Å²) in [5.74, 6) is 0.00973. The third-order valence-electron chi connectivity index (χ3n) is 4.75. The van der Waals surface area contributed by atoms with Crippen LogP contribution in [0.4, 0.5) is 17.1 Å². The molecule has 7 nitrogen and oxygen atoms in total. The van der Waals surface area contributed by atoms with Crippen molar-refractivity contribution in [1.82, 2.24) is 0 Å². The summed E-state index contributed by atoms with van der Waals surface area (Å²) in [5, 5.41) is 13.7. The van der Waals surface area contributed by atoms with E-state index in [0.717, 1.165) is 47.6 Å². The van der Waals surface area contributed by atoms with Gasteiger partial charge in [-0.3, -0.25) is 14.9 Å². The number of halogens is 1. The topological polar surface area (TPSA) is 79.9 Å². The molecule has 0 saturated carbocycles. The molecule has 1 fully saturated rings. The lowest BCUT2D eigenvalue weighted by Gasteiger charge is -2.33. The maximum absolute atomic E-state index is 12.3. The molecule has 1 aliphatic heterocycles. The first kappa shape index (κ1) is 19.3. The summed E-state index contributed by atoms with van der Waals surface area (Å²) in [7, 11) is 0. The van der Waals surface area contributed by atoms with E-state index in [9.17, 15) is 14.9 Å². The molecule has 2 N–H and O–H groups in total. The van der Waals surface area contributed by atoms with Crippen LogP contribution >= 0.6 is 15.9 Å². The number of rotatable bonds is 5. The van der Waals surface area contributed by atoms with Crippen LogP contribution in [0.25, 0.3) is 0 Å². The third-order valence-corrected chi connectivity index (χ3v) is 5.64. The van der Waals surface area contributed by atoms with Crippen molar-refractivity contribution in [2.45, 2.75) is 6.92 Å². The molecule has 0 bridgehead atoms. The van der Waals surface area contributed by atoms with Crippen LogP contribution in [0, 0.1) is 17.0 Å². The van der Waals surface area contributed by atoms with E-state index in [1.54, 1.807) is 12.1 Å². The number of piperazine rings is 1. The highest BCUT2D eigenvalue weighted by Crippen LogP contribution is 2.20. The average Bonchev–Trinajstić information content (AvgIpc) is 2.65. The van der Waals surface area contributed by atoms with Crippen molar-refractivity contribution in [3.63, 3.8) is 0 Å². The Morgan fingerprint density at radius 1 is 1.22 bits per heavy atom. The van der Waals surface area contributed by atoms with Crippen LogP contribution in [-0.4, -0.2) is 43.6 Å². The third kappa shape index (κ3) is 5.05. The second kappa shape index (κ2) is 8.49. The van der Waals surface area contributed by atoms with Crippen LogP contribution in [0.1, 0.15) is 5.56 Å². The fraction of sp³-hybridized carbons (Fsp3) is 0.316. The number of quaternary nitrogens is 1. The Morgan fingerprint density at radius 3 is 2.48 bits per heavy atom. The van der Waals surface area contributed by atoms with Crippen LogP contribution in [0.3, 0.4) is 0 Å². The zero-order valence-electron chi connectivity index (χ0n) is 15.1. The van der Waals surface area contributed by atoms with Crippen LogP contribution in [0.15, 0.2) is 46.9 Å². The molecule has 0 aliphatic carbocycles. The molecular formula is C19H22BrN4O3+. The molecule has 0 spiro atoms. The van der Waals surface area contributed by atoms with Gasteiger partial charge in [-0.05, 0) is 42.8 Å². The number of hydrogen-bond donors (Lipinski definition) is 2. The molecule has 0 radical (unpaired) electrons. The monoisotopic (exact) mass is 433 g/mol. The highest BCUT2D eigenvalue weighted by molar-refractivity contribution is 9.10. The minimum absolute atomic E-state index is 0.00973. The number of carbonyl (C=O) groups excluding carboxylic acids is 1. The van der Waals surface area contributed by atoms with Gasteiger partial charge in [-0.1, -0.05) is 15.9 Å². The molecule has 1 heterocycles. The Balaban J connectivity index is 1.49. The minimum Gasteiger partial charge on any atom is -0.360 e. The summed E-state index contributed by atoms with van der Waals surface area (Å²) in [6.07, 6.45) is 0. The molecule has 1 saturated heterocycles. The summed E-state index contributed by atoms with van der Waals surface area (Å²) in [5.41, 5.74) is 2.97. The largest absolute Gasteiger partial charge is 0.360 e. The van der Waals surface area contributed by atoms with Gasteiger partial charge in [0.1, 0.15) is 0 Å². The summed E-state index contributed by atoms with van der Waals surface area (Å²) >= 11 is 3.46. The molecule has 1 aliphatic rings. The predicted octanol–water partition coefficient (Wildman–Crippen LogP) is 2.01. The second-order valence-corrected chi connectivity index (χ2v) is 7.55. The molecule has 3 rings (SSSR count). The van der Waals surface area contributed by atoms with Crippen LogP contribution in [-0.2, 0) is 4.79 Å². The van der Waals surface area contributed by atoms with Gasteiger partial charge in [0, 0.05) is 28.0 Å². The maximum atomic E-state index is 12.3. The van der Waals surface area contributed by atoms with Gasteiger partial charge in [-0.2, -0.15) is 0 Å². The van der Waals surface area contributed by atoms with Crippen molar-refractivity contribution in [1.29, 1.82) is 0 Å². The van der Waals surface area contributed by atoms with E-state index in [-0.39, 0.29) is 11.6 Å². The number of nitrogens with one attached hydrogen (secondary N) is 2. The average molecular weight is 434 g/mol. The van der Waals surface area contributed by atoms with E-state index in [1.807, 2.05) is 25.1 Å². The van der Waals surface area contributed by atoms with E-state index in [2.05, 4.69) is 26.1 Å². The lowest BCUT2D eigenvalue weighted by atomic mass is 10.2. The van der Waals surface area contributed by atoms with Crippen molar-refractivity contribution in [3.05, 3.63) is 62.6 Å². The molecule has 142 valence electrons. The van der Waals surface area contributed by atoms with Gasteiger partial charge in [0.2, 0.25) is 0 Å². The van der Waals surface area contributed by atoms with E-state index in [4.69, 9.17) is 0 Å². The number of non-ortho nitro benzene ring substituents is 1. The van der Waals surface area contributed by atoms with Crippen molar-refractivity contribution in [3.8, 4) is 0 Å². The van der Waals surface area contributed by atoms with Crippen molar-refractivity contribution < 1.29 is 14.6 Å². The molecule has 27 heavy (non-hydrogen) atoms. The summed E-state index contributed by atoms with van der Waals surface area (Å²) < 4.78 is 1.02. The SMILES string of the molecule is Cc1cc(NC(=O)C[NH+]2CCN(c3ccc([N+](=O)[O-])cc3)CC2)ccc1Br. The molecule has 2 aromatic carbocycles. The Hall–Kier alpha value is -2.45. The standard InChI is InChI=1S/C19H21BrN4O3/c1-14-12-15(2-7-18(14)20)21-19(25)13-22-8-10-23(11-9-22)16-3-5-17(6-4-16)24(26)27/h2-7,12H,8-11,13H2,1H3,(H,21,25)/p+1. The lowest BCUT2D eigenvalue weighted by Crippen LogP contribution is -3.15. The first-order valence-electron chi connectivity index (χ1n) is 8.81. The highest BCUT2D eigenvalue weighted by atomic mass is 79.9. The zero-order valence-corrected chi connectivity index (χ0v) is 16.7. The zero-order chi connectivity index (χ0) is 19.4.